The number of benzene rings is 3. The van der Waals surface area contributed by atoms with Crippen LogP contribution in [0.25, 0.3) is 0 Å². The average Bonchev–Trinajstić information content (AvgIpc) is 3.87. The van der Waals surface area contributed by atoms with Crippen LogP contribution in [0.1, 0.15) is 72.9 Å². The number of rotatable bonds is 13. The van der Waals surface area contributed by atoms with Crippen molar-refractivity contribution in [3.63, 3.8) is 0 Å². The van der Waals surface area contributed by atoms with Crippen LogP contribution in [-0.2, 0) is 36.6 Å². The summed E-state index contributed by atoms with van der Waals surface area (Å²) in [5, 5.41) is 30.7. The zero-order chi connectivity index (χ0) is 36.5. The summed E-state index contributed by atoms with van der Waals surface area (Å²) in [5.74, 6) is -0.678. The molecule has 0 radical (unpaired) electrons. The summed E-state index contributed by atoms with van der Waals surface area (Å²) in [6.07, 6.45) is 7.79. The van der Waals surface area contributed by atoms with E-state index in [1.54, 1.807) is 30.3 Å². The van der Waals surface area contributed by atoms with Gasteiger partial charge in [-0.15, -0.1) is 0 Å². The van der Waals surface area contributed by atoms with Crippen molar-refractivity contribution in [1.82, 2.24) is 0 Å². The summed E-state index contributed by atoms with van der Waals surface area (Å²) in [6, 6.07) is 29.0. The molecule has 0 aromatic heterocycles. The van der Waals surface area contributed by atoms with Crippen LogP contribution in [0.4, 0.5) is 0 Å². The topological polar surface area (TPSA) is 140 Å². The fourth-order valence-electron chi connectivity index (χ4n) is 8.27. The standard InChI is InChI=1S/C25H26O5.C18H24O4/c26-19(12-11-17-7-3-1-4-8-17)13-14-20-21-15-24(27)29-23(21)16-22(20)30-25(28)18-9-5-2-6-10-18;19-13(7-6-12-4-2-1-3-5-12)8-9-14-15-10-18(21)22-17(15)11-16(14)20/h1-10,13-14,19-23,26H,11-12,15-16H2;1-5,13-17,19-20H,6-11H2/b14-13+;/t19-,20+,21+,22+,23-;13-,14+,15+,16+,17-/m00/s1. The van der Waals surface area contributed by atoms with Gasteiger partial charge in [0, 0.05) is 30.6 Å². The molecule has 2 saturated carbocycles. The van der Waals surface area contributed by atoms with Crippen molar-refractivity contribution in [2.24, 2.45) is 23.7 Å². The second-order valence-electron chi connectivity index (χ2n) is 14.6. The maximum Gasteiger partial charge on any atom is 0.338 e. The zero-order valence-corrected chi connectivity index (χ0v) is 29.5. The summed E-state index contributed by atoms with van der Waals surface area (Å²) in [6.45, 7) is 0. The van der Waals surface area contributed by atoms with E-state index in [0.717, 1.165) is 25.7 Å². The van der Waals surface area contributed by atoms with Gasteiger partial charge in [0.1, 0.15) is 18.3 Å². The first-order valence-corrected chi connectivity index (χ1v) is 18.7. The van der Waals surface area contributed by atoms with E-state index in [4.69, 9.17) is 14.2 Å². The molecule has 2 heterocycles. The molecule has 2 aliphatic heterocycles. The van der Waals surface area contributed by atoms with Gasteiger partial charge in [0.05, 0.1) is 36.7 Å². The number of carbonyl (C=O) groups is 3. The Kier molecular flexibility index (Phi) is 12.9. The minimum absolute atomic E-state index is 0.0244. The highest BCUT2D eigenvalue weighted by molar-refractivity contribution is 5.89. The number of aryl methyl sites for hydroxylation is 2. The Morgan fingerprint density at radius 3 is 1.94 bits per heavy atom. The van der Waals surface area contributed by atoms with Crippen molar-refractivity contribution in [2.75, 3.05) is 0 Å². The Morgan fingerprint density at radius 1 is 0.750 bits per heavy atom. The summed E-state index contributed by atoms with van der Waals surface area (Å²) in [5.41, 5.74) is 2.91. The molecule has 4 fully saturated rings. The highest BCUT2D eigenvalue weighted by Gasteiger charge is 2.51. The predicted molar refractivity (Wildman–Crippen MR) is 194 cm³/mol. The lowest BCUT2D eigenvalue weighted by Crippen LogP contribution is -2.25. The van der Waals surface area contributed by atoms with Crippen LogP contribution in [0, 0.1) is 23.7 Å². The quantitative estimate of drug-likeness (QED) is 0.114. The third kappa shape index (κ3) is 9.97. The van der Waals surface area contributed by atoms with Crippen molar-refractivity contribution >= 4 is 17.9 Å². The number of ether oxygens (including phenoxy) is 3. The van der Waals surface area contributed by atoms with Crippen LogP contribution >= 0.6 is 0 Å². The number of aliphatic hydroxyl groups excluding tert-OH is 3. The minimum Gasteiger partial charge on any atom is -0.462 e. The van der Waals surface area contributed by atoms with E-state index in [0.29, 0.717) is 44.1 Å². The van der Waals surface area contributed by atoms with Gasteiger partial charge in [-0.25, -0.2) is 4.79 Å². The van der Waals surface area contributed by atoms with Gasteiger partial charge < -0.3 is 29.5 Å². The SMILES string of the molecule is O=C1C[C@@H]2[C@@H](/C=C/[C@@H](O)CCc3ccccc3)[C@H](OC(=O)c3ccccc3)C[C@@H]2O1.O=C1C[C@@H]2[C@@H](CC[C@@H](O)CCc3ccccc3)[C@H](O)C[C@@H]2O1. The van der Waals surface area contributed by atoms with Gasteiger partial charge in [0.2, 0.25) is 0 Å². The Labute approximate surface area is 305 Å². The van der Waals surface area contributed by atoms with E-state index in [-0.39, 0.29) is 66.0 Å². The molecule has 10 atom stereocenters. The van der Waals surface area contributed by atoms with Gasteiger partial charge in [-0.2, -0.15) is 0 Å². The Hall–Kier alpha value is -4.31. The van der Waals surface area contributed by atoms with Crippen molar-refractivity contribution in [3.05, 3.63) is 120 Å². The van der Waals surface area contributed by atoms with E-state index in [2.05, 4.69) is 12.1 Å². The molecule has 3 aromatic rings. The van der Waals surface area contributed by atoms with Crippen LogP contribution in [0.2, 0.25) is 0 Å². The maximum atomic E-state index is 12.5. The van der Waals surface area contributed by atoms with Crippen LogP contribution in [0.15, 0.2) is 103 Å². The minimum atomic E-state index is -0.604. The summed E-state index contributed by atoms with van der Waals surface area (Å²) < 4.78 is 16.4. The van der Waals surface area contributed by atoms with Gasteiger partial charge in [0.25, 0.3) is 0 Å². The Morgan fingerprint density at radius 2 is 1.31 bits per heavy atom. The second kappa shape index (κ2) is 17.9. The molecule has 0 amide bonds. The number of aliphatic hydroxyl groups is 3. The largest absolute Gasteiger partial charge is 0.462 e. The third-order valence-corrected chi connectivity index (χ3v) is 11.1. The van der Waals surface area contributed by atoms with Gasteiger partial charge in [-0.1, -0.05) is 91.0 Å². The van der Waals surface area contributed by atoms with Gasteiger partial charge in [-0.05, 0) is 67.7 Å². The molecule has 52 heavy (non-hydrogen) atoms. The van der Waals surface area contributed by atoms with E-state index in [9.17, 15) is 29.7 Å². The van der Waals surface area contributed by atoms with Crippen LogP contribution in [-0.4, -0.2) is 69.9 Å². The molecule has 2 saturated heterocycles. The summed E-state index contributed by atoms with van der Waals surface area (Å²) >= 11 is 0. The molecule has 2 aliphatic carbocycles. The van der Waals surface area contributed by atoms with E-state index < -0.39 is 12.2 Å². The number of carbonyl (C=O) groups excluding carboxylic acids is 3. The zero-order valence-electron chi connectivity index (χ0n) is 29.5. The number of hydrogen-bond donors (Lipinski definition) is 3. The van der Waals surface area contributed by atoms with E-state index in [1.807, 2.05) is 60.7 Å². The van der Waals surface area contributed by atoms with Crippen molar-refractivity contribution in [2.45, 2.75) is 101 Å². The molecule has 3 N–H and O–H groups in total. The van der Waals surface area contributed by atoms with Gasteiger partial charge >= 0.3 is 17.9 Å². The molecule has 0 bridgehead atoms. The first kappa shape index (κ1) is 37.4. The highest BCUT2D eigenvalue weighted by atomic mass is 16.6. The lowest BCUT2D eigenvalue weighted by atomic mass is 9.87. The van der Waals surface area contributed by atoms with Crippen molar-refractivity contribution in [1.29, 1.82) is 0 Å². The van der Waals surface area contributed by atoms with E-state index >= 15 is 0 Å². The summed E-state index contributed by atoms with van der Waals surface area (Å²) in [7, 11) is 0. The predicted octanol–water partition coefficient (Wildman–Crippen LogP) is 5.79. The van der Waals surface area contributed by atoms with Crippen LogP contribution in [0.5, 0.6) is 0 Å². The normalized spacial score (nSPS) is 28.7. The van der Waals surface area contributed by atoms with Crippen LogP contribution in [0.3, 0.4) is 0 Å². The molecule has 7 rings (SSSR count). The van der Waals surface area contributed by atoms with Gasteiger partial charge in [-0.3, -0.25) is 9.59 Å². The molecule has 3 aromatic carbocycles. The number of esters is 3. The molecule has 9 heteroatoms. The molecule has 0 spiro atoms. The molecular weight excluding hydrogens is 660 g/mol. The maximum absolute atomic E-state index is 12.5. The fraction of sp³-hybridized carbons (Fsp3) is 0.465. The van der Waals surface area contributed by atoms with Crippen molar-refractivity contribution < 1.29 is 43.9 Å². The molecule has 0 unspecified atom stereocenters. The van der Waals surface area contributed by atoms with Crippen molar-refractivity contribution in [3.8, 4) is 0 Å². The lowest BCUT2D eigenvalue weighted by Gasteiger charge is -2.20. The molecular formula is C43H50O9. The van der Waals surface area contributed by atoms with E-state index in [1.165, 1.54) is 11.1 Å². The first-order valence-electron chi connectivity index (χ1n) is 18.7. The lowest BCUT2D eigenvalue weighted by molar-refractivity contribution is -0.142. The van der Waals surface area contributed by atoms with Gasteiger partial charge in [0.15, 0.2) is 0 Å². The monoisotopic (exact) mass is 710 g/mol. The number of hydrogen-bond acceptors (Lipinski definition) is 9. The highest BCUT2D eigenvalue weighted by Crippen LogP contribution is 2.45. The third-order valence-electron chi connectivity index (χ3n) is 11.1. The fourth-order valence-corrected chi connectivity index (χ4v) is 8.27. The molecule has 4 aliphatic rings. The Bertz CT molecular complexity index is 1630. The van der Waals surface area contributed by atoms with Crippen LogP contribution < -0.4 is 0 Å². The average molecular weight is 711 g/mol. The second-order valence-corrected chi connectivity index (χ2v) is 14.6. The molecule has 276 valence electrons. The molecule has 9 nitrogen and oxygen atoms in total. The summed E-state index contributed by atoms with van der Waals surface area (Å²) in [4.78, 5) is 35.6. The smallest absolute Gasteiger partial charge is 0.338 e. The first-order chi connectivity index (χ1) is 25.2. The number of fused-ring (bicyclic) bond motifs is 2. The Balaban J connectivity index is 0.000000187.